The normalized spacial score (nSPS) is 11.2. The molecule has 0 N–H and O–H groups in total. The van der Waals surface area contributed by atoms with Crippen molar-refractivity contribution in [2.45, 2.75) is 0 Å². The minimum atomic E-state index is -0.304. The lowest BCUT2D eigenvalue weighted by molar-refractivity contribution is 0.629. The minimum Gasteiger partial charge on any atom is -0.293 e. The van der Waals surface area contributed by atoms with Crippen molar-refractivity contribution < 1.29 is 4.39 Å². The molecule has 0 bridgehead atoms. The van der Waals surface area contributed by atoms with Crippen LogP contribution in [0.2, 0.25) is 0 Å². The number of rotatable bonds is 0. The monoisotopic (exact) mass is 261 g/mol. The van der Waals surface area contributed by atoms with Gasteiger partial charge in [0.25, 0.3) is 0 Å². The molecule has 0 aliphatic heterocycles. The van der Waals surface area contributed by atoms with Crippen molar-refractivity contribution in [3.63, 3.8) is 0 Å². The Morgan fingerprint density at radius 2 is 1.95 bits per heavy atom. The first-order valence-corrected chi connectivity index (χ1v) is 6.17. The van der Waals surface area contributed by atoms with Crippen LogP contribution in [0.3, 0.4) is 0 Å². The fourth-order valence-corrected chi connectivity index (χ4v) is 2.65. The first kappa shape index (κ1) is 10.9. The van der Waals surface area contributed by atoms with E-state index in [1.807, 2.05) is 28.7 Å². The summed E-state index contributed by atoms with van der Waals surface area (Å²) in [4.78, 5) is 4.37. The van der Waals surface area contributed by atoms with Gasteiger partial charge in [-0.15, -0.1) is 0 Å². The van der Waals surface area contributed by atoms with E-state index in [0.717, 1.165) is 16.3 Å². The van der Waals surface area contributed by atoms with E-state index in [9.17, 15) is 9.65 Å². The molecule has 0 aliphatic rings. The predicted octanol–water partition coefficient (Wildman–Crippen LogP) is 3.65. The lowest BCUT2D eigenvalue weighted by atomic mass is 10.2. The van der Waals surface area contributed by atoms with E-state index in [1.54, 1.807) is 12.3 Å². The summed E-state index contributed by atoms with van der Waals surface area (Å²) in [6.07, 6.45) is 1.67. The van der Waals surface area contributed by atoms with E-state index in [4.69, 9.17) is 0 Å². The number of fused-ring (bicyclic) bond motifs is 5. The molecule has 4 heteroatoms. The quantitative estimate of drug-likeness (QED) is 0.484. The van der Waals surface area contributed by atoms with Gasteiger partial charge in [0.15, 0.2) is 5.65 Å². The van der Waals surface area contributed by atoms with E-state index in [2.05, 4.69) is 11.1 Å². The van der Waals surface area contributed by atoms with Crippen LogP contribution in [0.25, 0.3) is 27.5 Å². The van der Waals surface area contributed by atoms with Crippen molar-refractivity contribution in [3.8, 4) is 6.07 Å². The molecule has 0 amide bonds. The molecule has 94 valence electrons. The third kappa shape index (κ3) is 1.29. The van der Waals surface area contributed by atoms with Crippen LogP contribution in [0.5, 0.6) is 0 Å². The Bertz CT molecular complexity index is 1020. The summed E-state index contributed by atoms with van der Waals surface area (Å²) in [5.74, 6) is -0.304. The molecule has 0 saturated heterocycles. The Balaban J connectivity index is 2.39. The number of para-hydroxylation sites is 1. The molecule has 3 nitrogen and oxygen atoms in total. The highest BCUT2D eigenvalue weighted by Crippen LogP contribution is 2.28. The number of halogens is 1. The van der Waals surface area contributed by atoms with Gasteiger partial charge < -0.3 is 0 Å². The summed E-state index contributed by atoms with van der Waals surface area (Å²) >= 11 is 0. The molecule has 0 radical (unpaired) electrons. The van der Waals surface area contributed by atoms with Gasteiger partial charge in [0.05, 0.1) is 11.0 Å². The molecule has 2 aromatic heterocycles. The molecule has 0 unspecified atom stereocenters. The van der Waals surface area contributed by atoms with Gasteiger partial charge in [0, 0.05) is 17.0 Å². The van der Waals surface area contributed by atoms with Gasteiger partial charge in [-0.05, 0) is 24.3 Å². The summed E-state index contributed by atoms with van der Waals surface area (Å²) in [6, 6.07) is 14.3. The molecule has 0 atom stereocenters. The molecule has 0 fully saturated rings. The Kier molecular flexibility index (Phi) is 2.07. The van der Waals surface area contributed by atoms with Gasteiger partial charge in [0.2, 0.25) is 0 Å². The highest BCUT2D eigenvalue weighted by molar-refractivity contribution is 5.98. The molecule has 4 aromatic rings. The van der Waals surface area contributed by atoms with Crippen molar-refractivity contribution in [1.29, 1.82) is 5.26 Å². The zero-order chi connectivity index (χ0) is 13.7. The number of hydrogen-bond acceptors (Lipinski definition) is 2. The maximum Gasteiger partial charge on any atom is 0.156 e. The second kappa shape index (κ2) is 3.78. The van der Waals surface area contributed by atoms with Crippen molar-refractivity contribution >= 4 is 27.5 Å². The lowest BCUT2D eigenvalue weighted by Crippen LogP contribution is -1.92. The summed E-state index contributed by atoms with van der Waals surface area (Å²) in [6.45, 7) is 0. The van der Waals surface area contributed by atoms with E-state index >= 15 is 0 Å². The van der Waals surface area contributed by atoms with Crippen LogP contribution in [-0.4, -0.2) is 9.38 Å². The standard InChI is InChI=1S/C16H8FN3/c17-11-6-5-10-9-19-16-13(8-18)12-3-1-2-4-14(12)20(16)15(10)7-11/h1-7,9H. The summed E-state index contributed by atoms with van der Waals surface area (Å²) in [5.41, 5.74) is 2.66. The zero-order valence-electron chi connectivity index (χ0n) is 10.3. The summed E-state index contributed by atoms with van der Waals surface area (Å²) < 4.78 is 15.4. The first-order valence-electron chi connectivity index (χ1n) is 6.17. The Morgan fingerprint density at radius 3 is 2.80 bits per heavy atom. The van der Waals surface area contributed by atoms with Gasteiger partial charge in [-0.3, -0.25) is 4.40 Å². The van der Waals surface area contributed by atoms with Crippen molar-refractivity contribution in [2.75, 3.05) is 0 Å². The van der Waals surface area contributed by atoms with Crippen molar-refractivity contribution in [3.05, 3.63) is 60.0 Å². The summed E-state index contributed by atoms with van der Waals surface area (Å²) in [7, 11) is 0. The Morgan fingerprint density at radius 1 is 1.10 bits per heavy atom. The fraction of sp³-hybridized carbons (Fsp3) is 0. The van der Waals surface area contributed by atoms with Gasteiger partial charge in [-0.2, -0.15) is 5.26 Å². The molecule has 4 rings (SSSR count). The van der Waals surface area contributed by atoms with Gasteiger partial charge >= 0.3 is 0 Å². The number of benzene rings is 2. The Hall–Kier alpha value is -2.93. The average Bonchev–Trinajstić information content (AvgIpc) is 2.81. The fourth-order valence-electron chi connectivity index (χ4n) is 2.65. The number of hydrogen-bond donors (Lipinski definition) is 0. The van der Waals surface area contributed by atoms with Crippen LogP contribution >= 0.6 is 0 Å². The van der Waals surface area contributed by atoms with Crippen LogP contribution in [0.1, 0.15) is 5.56 Å². The van der Waals surface area contributed by atoms with Crippen LogP contribution in [-0.2, 0) is 0 Å². The van der Waals surface area contributed by atoms with Crippen LogP contribution < -0.4 is 0 Å². The maximum atomic E-state index is 13.6. The molecule has 0 aliphatic carbocycles. The SMILES string of the molecule is N#Cc1c2ccccc2n2c1ncc1ccc(F)cc12. The summed E-state index contributed by atoms with van der Waals surface area (Å²) in [5, 5.41) is 11.0. The van der Waals surface area contributed by atoms with Crippen LogP contribution in [0.15, 0.2) is 48.7 Å². The molecule has 20 heavy (non-hydrogen) atoms. The maximum absolute atomic E-state index is 13.6. The van der Waals surface area contributed by atoms with Gasteiger partial charge in [-0.25, -0.2) is 9.37 Å². The van der Waals surface area contributed by atoms with E-state index in [0.29, 0.717) is 16.7 Å². The van der Waals surface area contributed by atoms with Crippen molar-refractivity contribution in [2.24, 2.45) is 0 Å². The first-order chi connectivity index (χ1) is 9.79. The third-order valence-corrected chi connectivity index (χ3v) is 3.52. The van der Waals surface area contributed by atoms with Gasteiger partial charge in [-0.1, -0.05) is 18.2 Å². The molecule has 2 aromatic carbocycles. The van der Waals surface area contributed by atoms with Crippen molar-refractivity contribution in [1.82, 2.24) is 9.38 Å². The molecular weight excluding hydrogens is 253 g/mol. The number of nitriles is 1. The zero-order valence-corrected chi connectivity index (χ0v) is 10.3. The molecule has 0 saturated carbocycles. The molecule has 2 heterocycles. The van der Waals surface area contributed by atoms with E-state index in [-0.39, 0.29) is 5.82 Å². The number of aromatic nitrogens is 2. The van der Waals surface area contributed by atoms with Crippen LogP contribution in [0.4, 0.5) is 4.39 Å². The Labute approximate surface area is 113 Å². The molecular formula is C16H8FN3. The van der Waals surface area contributed by atoms with Crippen LogP contribution in [0, 0.1) is 17.1 Å². The van der Waals surface area contributed by atoms with E-state index < -0.39 is 0 Å². The second-order valence-corrected chi connectivity index (χ2v) is 4.62. The smallest absolute Gasteiger partial charge is 0.156 e. The van der Waals surface area contributed by atoms with Gasteiger partial charge in [0.1, 0.15) is 17.4 Å². The molecule has 0 spiro atoms. The second-order valence-electron chi connectivity index (χ2n) is 4.62. The third-order valence-electron chi connectivity index (χ3n) is 3.52. The average molecular weight is 261 g/mol. The highest BCUT2D eigenvalue weighted by Gasteiger charge is 2.14. The van der Waals surface area contributed by atoms with E-state index in [1.165, 1.54) is 12.1 Å². The largest absolute Gasteiger partial charge is 0.293 e. The topological polar surface area (TPSA) is 41.1 Å². The number of nitrogens with zero attached hydrogens (tertiary/aromatic N) is 3. The predicted molar refractivity (Wildman–Crippen MR) is 74.9 cm³/mol. The minimum absolute atomic E-state index is 0.304. The highest BCUT2D eigenvalue weighted by atomic mass is 19.1. The lowest BCUT2D eigenvalue weighted by Gasteiger charge is -2.03.